The van der Waals surface area contributed by atoms with E-state index in [0.717, 1.165) is 6.42 Å². The molecule has 0 radical (unpaired) electrons. The molecule has 5 nitrogen and oxygen atoms in total. The van der Waals surface area contributed by atoms with E-state index in [1.807, 2.05) is 23.1 Å². The van der Waals surface area contributed by atoms with Crippen molar-refractivity contribution in [2.45, 2.75) is 25.8 Å². The van der Waals surface area contributed by atoms with Gasteiger partial charge < -0.3 is 14.6 Å². The number of amides is 2. The number of nitrogens with one attached hydrogen (secondary N) is 1. The lowest BCUT2D eigenvalue weighted by atomic mass is 10.1. The molecule has 2 heterocycles. The number of rotatable bonds is 5. The number of hydrogen-bond acceptors (Lipinski definition) is 3. The SMILES string of the molecule is Cc1occc1C(=O)NC1CC(=O)N(CCc2ccccc2)C1. The maximum atomic E-state index is 12.2. The summed E-state index contributed by atoms with van der Waals surface area (Å²) in [6, 6.07) is 11.6. The van der Waals surface area contributed by atoms with Crippen LogP contribution in [0.1, 0.15) is 28.1 Å². The van der Waals surface area contributed by atoms with E-state index < -0.39 is 0 Å². The summed E-state index contributed by atoms with van der Waals surface area (Å²) in [4.78, 5) is 26.1. The normalized spacial score (nSPS) is 17.5. The van der Waals surface area contributed by atoms with E-state index in [0.29, 0.717) is 30.8 Å². The predicted octanol–water partition coefficient (Wildman–Crippen LogP) is 2.16. The topological polar surface area (TPSA) is 62.6 Å². The Balaban J connectivity index is 1.53. The molecule has 1 unspecified atom stereocenters. The fourth-order valence-corrected chi connectivity index (χ4v) is 2.88. The lowest BCUT2D eigenvalue weighted by molar-refractivity contribution is -0.127. The van der Waals surface area contributed by atoms with Crippen LogP contribution in [0.25, 0.3) is 0 Å². The second-order valence-corrected chi connectivity index (χ2v) is 5.84. The first-order chi connectivity index (χ1) is 11.1. The summed E-state index contributed by atoms with van der Waals surface area (Å²) < 4.78 is 5.14. The van der Waals surface area contributed by atoms with Gasteiger partial charge in [0.05, 0.1) is 17.9 Å². The van der Waals surface area contributed by atoms with Crippen LogP contribution >= 0.6 is 0 Å². The summed E-state index contributed by atoms with van der Waals surface area (Å²) in [6.45, 7) is 3.00. The Kier molecular flexibility index (Phi) is 4.46. The quantitative estimate of drug-likeness (QED) is 0.920. The van der Waals surface area contributed by atoms with Crippen LogP contribution < -0.4 is 5.32 Å². The van der Waals surface area contributed by atoms with E-state index in [2.05, 4.69) is 17.4 Å². The van der Waals surface area contributed by atoms with Gasteiger partial charge in [-0.1, -0.05) is 30.3 Å². The molecule has 0 aliphatic carbocycles. The van der Waals surface area contributed by atoms with Crippen LogP contribution in [0.2, 0.25) is 0 Å². The first-order valence-corrected chi connectivity index (χ1v) is 7.80. The Morgan fingerprint density at radius 3 is 2.78 bits per heavy atom. The number of aryl methyl sites for hydroxylation is 1. The fourth-order valence-electron chi connectivity index (χ4n) is 2.88. The third-order valence-corrected chi connectivity index (χ3v) is 4.17. The minimum absolute atomic E-state index is 0.0927. The number of furan rings is 1. The smallest absolute Gasteiger partial charge is 0.255 e. The molecule has 1 aromatic carbocycles. The highest BCUT2D eigenvalue weighted by Crippen LogP contribution is 2.14. The molecule has 1 N–H and O–H groups in total. The molecule has 0 spiro atoms. The molecule has 1 aliphatic heterocycles. The highest BCUT2D eigenvalue weighted by molar-refractivity contribution is 5.95. The van der Waals surface area contributed by atoms with Gasteiger partial charge in [0.1, 0.15) is 5.76 Å². The molecule has 1 saturated heterocycles. The molecule has 0 bridgehead atoms. The summed E-state index contributed by atoms with van der Waals surface area (Å²) >= 11 is 0. The van der Waals surface area contributed by atoms with Crippen LogP contribution in [-0.2, 0) is 11.2 Å². The molecular weight excluding hydrogens is 292 g/mol. The van der Waals surface area contributed by atoms with Crippen molar-refractivity contribution >= 4 is 11.8 Å². The van der Waals surface area contributed by atoms with E-state index in [4.69, 9.17) is 4.42 Å². The minimum atomic E-state index is -0.182. The fraction of sp³-hybridized carbons (Fsp3) is 0.333. The van der Waals surface area contributed by atoms with Gasteiger partial charge in [-0.05, 0) is 25.0 Å². The number of hydrogen-bond donors (Lipinski definition) is 1. The Morgan fingerprint density at radius 2 is 2.09 bits per heavy atom. The molecule has 5 heteroatoms. The first kappa shape index (κ1) is 15.3. The van der Waals surface area contributed by atoms with Crippen molar-refractivity contribution in [2.75, 3.05) is 13.1 Å². The van der Waals surface area contributed by atoms with Crippen LogP contribution in [0.15, 0.2) is 47.1 Å². The Bertz CT molecular complexity index is 693. The summed E-state index contributed by atoms with van der Waals surface area (Å²) in [5.74, 6) is 0.502. The second kappa shape index (κ2) is 6.69. The van der Waals surface area contributed by atoms with Gasteiger partial charge in [0, 0.05) is 19.5 Å². The van der Waals surface area contributed by atoms with Crippen LogP contribution in [0.5, 0.6) is 0 Å². The molecule has 0 saturated carbocycles. The Labute approximate surface area is 135 Å². The molecule has 120 valence electrons. The summed E-state index contributed by atoms with van der Waals surface area (Å²) in [5, 5.41) is 2.92. The van der Waals surface area contributed by atoms with Crippen molar-refractivity contribution in [3.63, 3.8) is 0 Å². The monoisotopic (exact) mass is 312 g/mol. The zero-order valence-electron chi connectivity index (χ0n) is 13.1. The Hall–Kier alpha value is -2.56. The summed E-state index contributed by atoms with van der Waals surface area (Å²) in [7, 11) is 0. The van der Waals surface area contributed by atoms with Gasteiger partial charge in [-0.15, -0.1) is 0 Å². The summed E-state index contributed by atoms with van der Waals surface area (Å²) in [6.07, 6.45) is 2.68. The van der Waals surface area contributed by atoms with Gasteiger partial charge in [0.15, 0.2) is 0 Å². The lowest BCUT2D eigenvalue weighted by Crippen LogP contribution is -2.37. The number of nitrogens with zero attached hydrogens (tertiary/aromatic N) is 1. The maximum absolute atomic E-state index is 12.2. The van der Waals surface area contributed by atoms with Crippen molar-refractivity contribution in [3.05, 3.63) is 59.5 Å². The third-order valence-electron chi connectivity index (χ3n) is 4.17. The van der Waals surface area contributed by atoms with Crippen LogP contribution in [0.4, 0.5) is 0 Å². The zero-order valence-corrected chi connectivity index (χ0v) is 13.1. The molecule has 1 atom stereocenters. The number of carbonyl (C=O) groups is 2. The number of carbonyl (C=O) groups excluding carboxylic acids is 2. The highest BCUT2D eigenvalue weighted by Gasteiger charge is 2.30. The maximum Gasteiger partial charge on any atom is 0.255 e. The molecule has 1 fully saturated rings. The number of benzene rings is 1. The van der Waals surface area contributed by atoms with Crippen LogP contribution in [0.3, 0.4) is 0 Å². The van der Waals surface area contributed by atoms with E-state index >= 15 is 0 Å². The molecule has 2 aromatic rings. The van der Waals surface area contributed by atoms with Crippen molar-refractivity contribution < 1.29 is 14.0 Å². The largest absolute Gasteiger partial charge is 0.469 e. The van der Waals surface area contributed by atoms with E-state index in [1.54, 1.807) is 13.0 Å². The predicted molar refractivity (Wildman–Crippen MR) is 86.0 cm³/mol. The van der Waals surface area contributed by atoms with Gasteiger partial charge in [-0.2, -0.15) is 0 Å². The molecule has 2 amide bonds. The van der Waals surface area contributed by atoms with Gasteiger partial charge in [-0.25, -0.2) is 0 Å². The molecular formula is C18H20N2O3. The van der Waals surface area contributed by atoms with Gasteiger partial charge >= 0.3 is 0 Å². The van der Waals surface area contributed by atoms with Gasteiger partial charge in [0.25, 0.3) is 5.91 Å². The summed E-state index contributed by atoms with van der Waals surface area (Å²) in [5.41, 5.74) is 1.74. The van der Waals surface area contributed by atoms with E-state index in [1.165, 1.54) is 11.8 Å². The van der Waals surface area contributed by atoms with Gasteiger partial charge in [0.2, 0.25) is 5.91 Å². The van der Waals surface area contributed by atoms with Crippen LogP contribution in [-0.4, -0.2) is 35.8 Å². The van der Waals surface area contributed by atoms with E-state index in [-0.39, 0.29) is 17.9 Å². The van der Waals surface area contributed by atoms with Crippen LogP contribution in [0, 0.1) is 6.92 Å². The minimum Gasteiger partial charge on any atom is -0.469 e. The number of likely N-dealkylation sites (tertiary alicyclic amines) is 1. The van der Waals surface area contributed by atoms with Gasteiger partial charge in [-0.3, -0.25) is 9.59 Å². The first-order valence-electron chi connectivity index (χ1n) is 7.80. The van der Waals surface area contributed by atoms with Crippen molar-refractivity contribution in [2.24, 2.45) is 0 Å². The average Bonchev–Trinajstić information content (AvgIpc) is 3.12. The third kappa shape index (κ3) is 3.62. The highest BCUT2D eigenvalue weighted by atomic mass is 16.3. The average molecular weight is 312 g/mol. The zero-order chi connectivity index (χ0) is 16.2. The Morgan fingerprint density at radius 1 is 1.30 bits per heavy atom. The molecule has 3 rings (SSSR count). The standard InChI is InChI=1S/C18H20N2O3/c1-13-16(8-10-23-13)18(22)19-15-11-17(21)20(12-15)9-7-14-5-3-2-4-6-14/h2-6,8,10,15H,7,9,11-12H2,1H3,(H,19,22). The second-order valence-electron chi connectivity index (χ2n) is 5.84. The lowest BCUT2D eigenvalue weighted by Gasteiger charge is -2.17. The molecule has 23 heavy (non-hydrogen) atoms. The van der Waals surface area contributed by atoms with Crippen molar-refractivity contribution in [1.82, 2.24) is 10.2 Å². The molecule has 1 aromatic heterocycles. The molecule has 1 aliphatic rings. The van der Waals surface area contributed by atoms with Crippen molar-refractivity contribution in [3.8, 4) is 0 Å². The van der Waals surface area contributed by atoms with E-state index in [9.17, 15) is 9.59 Å². The van der Waals surface area contributed by atoms with Crippen molar-refractivity contribution in [1.29, 1.82) is 0 Å².